The molecule has 0 saturated heterocycles. The van der Waals surface area contributed by atoms with Crippen LogP contribution in [-0.4, -0.2) is 43.6 Å². The molecule has 0 atom stereocenters. The fraction of sp³-hybridized carbons (Fsp3) is 0.333. The summed E-state index contributed by atoms with van der Waals surface area (Å²) in [5, 5.41) is 20.8. The number of hydrogen-bond donors (Lipinski definition) is 0. The van der Waals surface area contributed by atoms with Crippen molar-refractivity contribution in [2.24, 2.45) is 0 Å². The van der Waals surface area contributed by atoms with Crippen molar-refractivity contribution in [3.8, 4) is 23.3 Å². The summed E-state index contributed by atoms with van der Waals surface area (Å²) in [6.45, 7) is 2.52. The summed E-state index contributed by atoms with van der Waals surface area (Å²) in [4.78, 5) is 26.0. The van der Waals surface area contributed by atoms with Gasteiger partial charge in [-0.2, -0.15) is 5.26 Å². The fourth-order valence-corrected chi connectivity index (χ4v) is 3.08. The summed E-state index contributed by atoms with van der Waals surface area (Å²) in [6, 6.07) is 10.2. The highest BCUT2D eigenvalue weighted by Gasteiger charge is 2.34. The highest BCUT2D eigenvalue weighted by atomic mass is 16.6. The predicted octanol–water partition coefficient (Wildman–Crippen LogP) is 3.54. The SMILES string of the molecule is CCCN(Cc1ccc(C#N)cc1)C(=O)c1cc(OC)c(OC)c(OC)c1[N+](=O)[O-]. The Balaban J connectivity index is 2.55. The molecular weight excluding hydrogens is 390 g/mol. The largest absolute Gasteiger partial charge is 0.493 e. The number of nitro benzene ring substituents is 1. The number of carbonyl (C=O) groups excluding carboxylic acids is 1. The van der Waals surface area contributed by atoms with Gasteiger partial charge in [-0.3, -0.25) is 14.9 Å². The zero-order valence-corrected chi connectivity index (χ0v) is 17.3. The van der Waals surface area contributed by atoms with Crippen LogP contribution in [0.2, 0.25) is 0 Å². The molecule has 0 aliphatic rings. The maximum absolute atomic E-state index is 13.3. The molecule has 0 spiro atoms. The van der Waals surface area contributed by atoms with Crippen molar-refractivity contribution in [1.29, 1.82) is 5.26 Å². The maximum Gasteiger partial charge on any atom is 0.327 e. The van der Waals surface area contributed by atoms with E-state index in [0.29, 0.717) is 18.5 Å². The maximum atomic E-state index is 13.3. The molecule has 0 aromatic heterocycles. The standard InChI is InChI=1S/C21H23N3O6/c1-5-10-23(13-15-8-6-14(12-22)7-9-15)21(25)16-11-17(28-2)19(29-3)20(30-4)18(16)24(26)27/h6-9,11H,5,10,13H2,1-4H3. The second kappa shape index (κ2) is 10.1. The number of rotatable bonds is 9. The van der Waals surface area contributed by atoms with Crippen LogP contribution in [0.1, 0.15) is 34.8 Å². The second-order valence-electron chi connectivity index (χ2n) is 6.33. The zero-order chi connectivity index (χ0) is 22.3. The lowest BCUT2D eigenvalue weighted by Crippen LogP contribution is -2.32. The number of ether oxygens (including phenoxy) is 3. The van der Waals surface area contributed by atoms with Crippen LogP contribution in [0.4, 0.5) is 5.69 Å². The summed E-state index contributed by atoms with van der Waals surface area (Å²) in [6.07, 6.45) is 0.653. The molecule has 0 saturated carbocycles. The van der Waals surface area contributed by atoms with E-state index in [9.17, 15) is 14.9 Å². The van der Waals surface area contributed by atoms with E-state index in [-0.39, 0.29) is 29.4 Å². The van der Waals surface area contributed by atoms with Crippen molar-refractivity contribution in [2.45, 2.75) is 19.9 Å². The van der Waals surface area contributed by atoms with Crippen molar-refractivity contribution in [3.05, 3.63) is 57.1 Å². The average Bonchev–Trinajstić information content (AvgIpc) is 2.76. The van der Waals surface area contributed by atoms with Crippen molar-refractivity contribution in [2.75, 3.05) is 27.9 Å². The van der Waals surface area contributed by atoms with Gasteiger partial charge in [0, 0.05) is 19.2 Å². The zero-order valence-electron chi connectivity index (χ0n) is 17.3. The normalized spacial score (nSPS) is 10.1. The molecular formula is C21H23N3O6. The third-order valence-corrected chi connectivity index (χ3v) is 4.45. The van der Waals surface area contributed by atoms with Gasteiger partial charge < -0.3 is 19.1 Å². The first-order valence-corrected chi connectivity index (χ1v) is 9.17. The Morgan fingerprint density at radius 1 is 1.13 bits per heavy atom. The summed E-state index contributed by atoms with van der Waals surface area (Å²) in [7, 11) is 3.97. The third kappa shape index (κ3) is 4.60. The van der Waals surface area contributed by atoms with Crippen molar-refractivity contribution in [1.82, 2.24) is 4.90 Å². The van der Waals surface area contributed by atoms with Crippen LogP contribution >= 0.6 is 0 Å². The molecule has 1 amide bonds. The van der Waals surface area contributed by atoms with E-state index < -0.39 is 16.5 Å². The second-order valence-corrected chi connectivity index (χ2v) is 6.33. The van der Waals surface area contributed by atoms with Crippen LogP contribution in [0.5, 0.6) is 17.2 Å². The average molecular weight is 413 g/mol. The van der Waals surface area contributed by atoms with Crippen LogP contribution in [0.25, 0.3) is 0 Å². The van der Waals surface area contributed by atoms with Crippen molar-refractivity contribution < 1.29 is 23.9 Å². The molecule has 2 aromatic carbocycles. The molecule has 0 N–H and O–H groups in total. The highest BCUT2D eigenvalue weighted by Crippen LogP contribution is 2.46. The van der Waals surface area contributed by atoms with Gasteiger partial charge in [0.1, 0.15) is 5.56 Å². The minimum absolute atomic E-state index is 0.0392. The molecule has 2 rings (SSSR count). The Kier molecular flexibility index (Phi) is 7.58. The van der Waals surface area contributed by atoms with E-state index in [1.54, 1.807) is 24.3 Å². The minimum Gasteiger partial charge on any atom is -0.493 e. The fourth-order valence-electron chi connectivity index (χ4n) is 3.08. The smallest absolute Gasteiger partial charge is 0.327 e. The van der Waals surface area contributed by atoms with E-state index in [1.807, 2.05) is 13.0 Å². The van der Waals surface area contributed by atoms with Gasteiger partial charge in [-0.05, 0) is 24.1 Å². The molecule has 0 fully saturated rings. The lowest BCUT2D eigenvalue weighted by Gasteiger charge is -2.23. The summed E-state index contributed by atoms with van der Waals surface area (Å²) < 4.78 is 15.7. The summed E-state index contributed by atoms with van der Waals surface area (Å²) >= 11 is 0. The number of benzene rings is 2. The van der Waals surface area contributed by atoms with Crippen molar-refractivity contribution in [3.63, 3.8) is 0 Å². The quantitative estimate of drug-likeness (QED) is 0.456. The monoisotopic (exact) mass is 413 g/mol. The first kappa shape index (κ1) is 22.5. The Bertz CT molecular complexity index is 966. The molecule has 0 heterocycles. The lowest BCUT2D eigenvalue weighted by atomic mass is 10.1. The van der Waals surface area contributed by atoms with Gasteiger partial charge in [0.15, 0.2) is 5.75 Å². The highest BCUT2D eigenvalue weighted by molar-refractivity contribution is 6.00. The van der Waals surface area contributed by atoms with Gasteiger partial charge in [-0.25, -0.2) is 0 Å². The number of carbonyl (C=O) groups is 1. The third-order valence-electron chi connectivity index (χ3n) is 4.45. The molecule has 2 aromatic rings. The van der Waals surface area contributed by atoms with Crippen LogP contribution < -0.4 is 14.2 Å². The van der Waals surface area contributed by atoms with Crippen molar-refractivity contribution >= 4 is 11.6 Å². The molecule has 0 bridgehead atoms. The molecule has 0 radical (unpaired) electrons. The number of nitriles is 1. The van der Waals surface area contributed by atoms with Gasteiger partial charge in [0.25, 0.3) is 5.91 Å². The van der Waals surface area contributed by atoms with Gasteiger partial charge in [-0.1, -0.05) is 19.1 Å². The molecule has 9 nitrogen and oxygen atoms in total. The lowest BCUT2D eigenvalue weighted by molar-refractivity contribution is -0.386. The summed E-state index contributed by atoms with van der Waals surface area (Å²) in [5.41, 5.74) is 0.663. The predicted molar refractivity (Wildman–Crippen MR) is 109 cm³/mol. The molecule has 158 valence electrons. The first-order chi connectivity index (χ1) is 14.4. The molecule has 0 unspecified atom stereocenters. The number of nitro groups is 1. The van der Waals surface area contributed by atoms with Crippen LogP contribution in [0, 0.1) is 21.4 Å². The Morgan fingerprint density at radius 2 is 1.77 bits per heavy atom. The number of nitrogens with zero attached hydrogens (tertiary/aromatic N) is 3. The first-order valence-electron chi connectivity index (χ1n) is 9.17. The topological polar surface area (TPSA) is 115 Å². The van der Waals surface area contributed by atoms with Gasteiger partial charge in [0.2, 0.25) is 11.5 Å². The molecule has 30 heavy (non-hydrogen) atoms. The van der Waals surface area contributed by atoms with E-state index in [4.69, 9.17) is 19.5 Å². The Labute approximate surface area is 174 Å². The van der Waals surface area contributed by atoms with Crippen LogP contribution in [0.15, 0.2) is 30.3 Å². The van der Waals surface area contributed by atoms with Gasteiger partial charge in [0.05, 0.1) is 37.9 Å². The Hall–Kier alpha value is -3.80. The molecule has 0 aliphatic heterocycles. The number of amides is 1. The van der Waals surface area contributed by atoms with Gasteiger partial charge in [-0.15, -0.1) is 0 Å². The van der Waals surface area contributed by atoms with E-state index >= 15 is 0 Å². The van der Waals surface area contributed by atoms with E-state index in [0.717, 1.165) is 5.56 Å². The van der Waals surface area contributed by atoms with Gasteiger partial charge >= 0.3 is 5.69 Å². The number of methoxy groups -OCH3 is 3. The molecule has 0 aliphatic carbocycles. The number of hydrogen-bond acceptors (Lipinski definition) is 7. The Morgan fingerprint density at radius 3 is 2.23 bits per heavy atom. The minimum atomic E-state index is -0.667. The van der Waals surface area contributed by atoms with E-state index in [1.165, 1.54) is 32.3 Å². The van der Waals surface area contributed by atoms with Crippen LogP contribution in [-0.2, 0) is 6.54 Å². The molecule has 9 heteroatoms. The summed E-state index contributed by atoms with van der Waals surface area (Å²) in [5.74, 6) is -0.525. The van der Waals surface area contributed by atoms with Crippen LogP contribution in [0.3, 0.4) is 0 Å². The van der Waals surface area contributed by atoms with E-state index in [2.05, 4.69) is 0 Å².